The van der Waals surface area contributed by atoms with E-state index in [0.29, 0.717) is 0 Å². The highest BCUT2D eigenvalue weighted by Gasteiger charge is 2.38. The molecule has 15 heavy (non-hydrogen) atoms. The number of nitro benzene ring substituents is 1. The van der Waals surface area contributed by atoms with E-state index in [9.17, 15) is 32.1 Å². The third kappa shape index (κ3) is 2.20. The first-order valence-corrected chi connectivity index (χ1v) is 3.44. The molecule has 82 valence electrons. The summed E-state index contributed by atoms with van der Waals surface area (Å²) in [6.07, 6.45) is -5.17. The summed E-state index contributed by atoms with van der Waals surface area (Å²) < 4.78 is 61.5. The van der Waals surface area contributed by atoms with Crippen LogP contribution in [0.3, 0.4) is 0 Å². The van der Waals surface area contributed by atoms with E-state index >= 15 is 0 Å². The van der Waals surface area contributed by atoms with Crippen LogP contribution in [0, 0.1) is 21.7 Å². The summed E-state index contributed by atoms with van der Waals surface area (Å²) in [6.45, 7) is 0. The molecule has 0 saturated heterocycles. The van der Waals surface area contributed by atoms with Crippen molar-refractivity contribution < 1.29 is 26.9 Å². The van der Waals surface area contributed by atoms with Crippen molar-refractivity contribution in [2.45, 2.75) is 6.18 Å². The molecule has 0 atom stereocenters. The summed E-state index contributed by atoms with van der Waals surface area (Å²) in [5.74, 6) is -3.61. The second-order valence-corrected chi connectivity index (χ2v) is 2.54. The van der Waals surface area contributed by atoms with E-state index in [1.54, 1.807) is 0 Å². The van der Waals surface area contributed by atoms with E-state index in [-0.39, 0.29) is 12.1 Å². The lowest BCUT2D eigenvalue weighted by molar-refractivity contribution is -0.388. The Bertz CT molecular complexity index is 415. The maximum Gasteiger partial charge on any atom is 0.419 e. The van der Waals surface area contributed by atoms with Gasteiger partial charge in [0.15, 0.2) is 0 Å². The van der Waals surface area contributed by atoms with Crippen LogP contribution in [-0.4, -0.2) is 4.92 Å². The van der Waals surface area contributed by atoms with Gasteiger partial charge in [-0.15, -0.1) is 0 Å². The topological polar surface area (TPSA) is 43.1 Å². The van der Waals surface area contributed by atoms with Crippen molar-refractivity contribution in [1.29, 1.82) is 0 Å². The second-order valence-electron chi connectivity index (χ2n) is 2.54. The molecule has 1 aromatic rings. The van der Waals surface area contributed by atoms with Crippen LogP contribution >= 0.6 is 0 Å². The summed E-state index contributed by atoms with van der Waals surface area (Å²) in [5.41, 5.74) is -3.53. The van der Waals surface area contributed by atoms with Crippen molar-refractivity contribution in [1.82, 2.24) is 0 Å². The van der Waals surface area contributed by atoms with Crippen LogP contribution in [0.15, 0.2) is 12.1 Å². The number of alkyl halides is 3. The fourth-order valence-electron chi connectivity index (χ4n) is 0.914. The van der Waals surface area contributed by atoms with E-state index in [2.05, 4.69) is 0 Å². The van der Waals surface area contributed by atoms with Gasteiger partial charge in [-0.25, -0.2) is 4.39 Å². The minimum absolute atomic E-state index is 0.0879. The molecule has 0 fully saturated rings. The number of rotatable bonds is 1. The van der Waals surface area contributed by atoms with Crippen molar-refractivity contribution in [2.75, 3.05) is 0 Å². The summed E-state index contributed by atoms with van der Waals surface area (Å²) in [4.78, 5) is 8.66. The molecule has 1 rings (SSSR count). The molecule has 0 bridgehead atoms. The zero-order valence-electron chi connectivity index (χ0n) is 6.81. The zero-order chi connectivity index (χ0) is 11.8. The van der Waals surface area contributed by atoms with Gasteiger partial charge >= 0.3 is 11.9 Å². The van der Waals surface area contributed by atoms with Crippen molar-refractivity contribution >= 4 is 5.69 Å². The Morgan fingerprint density at radius 3 is 2.13 bits per heavy atom. The van der Waals surface area contributed by atoms with Crippen molar-refractivity contribution in [3.63, 3.8) is 0 Å². The number of halogens is 5. The van der Waals surface area contributed by atoms with E-state index in [4.69, 9.17) is 0 Å². The van der Waals surface area contributed by atoms with Gasteiger partial charge in [-0.2, -0.15) is 17.6 Å². The highest BCUT2D eigenvalue weighted by atomic mass is 19.4. The average Bonchev–Trinajstić information content (AvgIpc) is 2.06. The molecule has 0 radical (unpaired) electrons. The standard InChI is InChI=1S/C7H2F5NO2/c8-3-1-4(7(10,11)12)6(9)5(2-3)13(14)15/h1-2H. The molecule has 8 heteroatoms. The first-order chi connectivity index (χ1) is 6.73. The third-order valence-electron chi connectivity index (χ3n) is 1.52. The molecule has 0 aliphatic heterocycles. The number of hydrogen-bond acceptors (Lipinski definition) is 2. The Morgan fingerprint density at radius 1 is 1.20 bits per heavy atom. The fourth-order valence-corrected chi connectivity index (χ4v) is 0.914. The second kappa shape index (κ2) is 3.44. The molecule has 0 N–H and O–H groups in total. The van der Waals surface area contributed by atoms with Gasteiger partial charge in [-0.05, 0) is 6.07 Å². The Kier molecular flexibility index (Phi) is 2.61. The number of benzene rings is 1. The molecular weight excluding hydrogens is 225 g/mol. The Hall–Kier alpha value is -1.73. The largest absolute Gasteiger partial charge is 0.419 e. The average molecular weight is 227 g/mol. The van der Waals surface area contributed by atoms with Crippen LogP contribution in [0.2, 0.25) is 0 Å². The van der Waals surface area contributed by atoms with Crippen LogP contribution in [0.25, 0.3) is 0 Å². The molecule has 0 spiro atoms. The van der Waals surface area contributed by atoms with Crippen molar-refractivity contribution in [3.05, 3.63) is 39.4 Å². The van der Waals surface area contributed by atoms with Gasteiger partial charge in [0, 0.05) is 0 Å². The molecule has 0 aliphatic rings. The monoisotopic (exact) mass is 227 g/mol. The first kappa shape index (κ1) is 11.3. The Labute approximate surface area is 79.3 Å². The van der Waals surface area contributed by atoms with E-state index < -0.39 is 34.0 Å². The molecule has 3 nitrogen and oxygen atoms in total. The van der Waals surface area contributed by atoms with E-state index in [1.807, 2.05) is 0 Å². The molecular formula is C7H2F5NO2. The summed E-state index contributed by atoms with van der Waals surface area (Å²) in [6, 6.07) is -0.0487. The smallest absolute Gasteiger partial charge is 0.258 e. The van der Waals surface area contributed by atoms with Crippen molar-refractivity contribution in [3.8, 4) is 0 Å². The van der Waals surface area contributed by atoms with Gasteiger partial charge < -0.3 is 0 Å². The van der Waals surface area contributed by atoms with Crippen LogP contribution in [-0.2, 0) is 6.18 Å². The highest BCUT2D eigenvalue weighted by Crippen LogP contribution is 2.35. The summed E-state index contributed by atoms with van der Waals surface area (Å²) in [5, 5.41) is 10.1. The van der Waals surface area contributed by atoms with Crippen LogP contribution in [0.1, 0.15) is 5.56 Å². The predicted octanol–water partition coefficient (Wildman–Crippen LogP) is 2.89. The maximum absolute atomic E-state index is 12.9. The highest BCUT2D eigenvalue weighted by molar-refractivity contribution is 5.38. The van der Waals surface area contributed by atoms with Crippen LogP contribution < -0.4 is 0 Å². The van der Waals surface area contributed by atoms with Gasteiger partial charge in [0.1, 0.15) is 11.4 Å². The SMILES string of the molecule is O=[N+]([O-])c1cc(F)cc(C(F)(F)F)c1F. The minimum atomic E-state index is -5.17. The molecule has 0 aliphatic carbocycles. The zero-order valence-corrected chi connectivity index (χ0v) is 6.81. The number of nitrogens with zero attached hydrogens (tertiary/aromatic N) is 1. The predicted molar refractivity (Wildman–Crippen MR) is 38.0 cm³/mol. The summed E-state index contributed by atoms with van der Waals surface area (Å²) in [7, 11) is 0. The molecule has 0 aromatic heterocycles. The van der Waals surface area contributed by atoms with Gasteiger partial charge in [0.25, 0.3) is 0 Å². The van der Waals surface area contributed by atoms with Gasteiger partial charge in [-0.1, -0.05) is 0 Å². The quantitative estimate of drug-likeness (QED) is 0.420. The fraction of sp³-hybridized carbons (Fsp3) is 0.143. The summed E-state index contributed by atoms with van der Waals surface area (Å²) >= 11 is 0. The normalized spacial score (nSPS) is 11.5. The maximum atomic E-state index is 12.9. The van der Waals surface area contributed by atoms with E-state index in [0.717, 1.165) is 0 Å². The Morgan fingerprint density at radius 2 is 1.73 bits per heavy atom. The number of hydrogen-bond donors (Lipinski definition) is 0. The molecule has 0 heterocycles. The Balaban J connectivity index is 3.49. The molecule has 0 amide bonds. The van der Waals surface area contributed by atoms with Gasteiger partial charge in [0.2, 0.25) is 5.82 Å². The van der Waals surface area contributed by atoms with Gasteiger partial charge in [-0.3, -0.25) is 10.1 Å². The minimum Gasteiger partial charge on any atom is -0.258 e. The van der Waals surface area contributed by atoms with Crippen LogP contribution in [0.5, 0.6) is 0 Å². The lowest BCUT2D eigenvalue weighted by Crippen LogP contribution is -2.10. The van der Waals surface area contributed by atoms with Crippen molar-refractivity contribution in [2.24, 2.45) is 0 Å². The lowest BCUT2D eigenvalue weighted by atomic mass is 10.1. The molecule has 0 unspecified atom stereocenters. The lowest BCUT2D eigenvalue weighted by Gasteiger charge is -2.07. The number of nitro groups is 1. The molecule has 0 saturated carbocycles. The van der Waals surface area contributed by atoms with Crippen LogP contribution in [0.4, 0.5) is 27.6 Å². The molecule has 1 aromatic carbocycles. The third-order valence-corrected chi connectivity index (χ3v) is 1.52. The first-order valence-electron chi connectivity index (χ1n) is 3.44. The van der Waals surface area contributed by atoms with Gasteiger partial charge in [0.05, 0.1) is 11.0 Å². The van der Waals surface area contributed by atoms with E-state index in [1.165, 1.54) is 0 Å².